The highest BCUT2D eigenvalue weighted by atomic mass is 19.4. The zero-order valence-electron chi connectivity index (χ0n) is 16.4. The zero-order chi connectivity index (χ0) is 21.5. The molecule has 1 amide bonds. The molecule has 0 radical (unpaired) electrons. The highest BCUT2D eigenvalue weighted by Gasteiger charge is 2.30. The van der Waals surface area contributed by atoms with Crippen LogP contribution >= 0.6 is 0 Å². The van der Waals surface area contributed by atoms with Crippen molar-refractivity contribution in [2.75, 3.05) is 18.5 Å². The number of carbonyl (C=O) groups is 1. The highest BCUT2D eigenvalue weighted by molar-refractivity contribution is 6.09. The Balaban J connectivity index is 1.63. The SMILES string of the molecule is Cc1cc(-c2ccc3cc(C(F)(F)F)ccc3n2)ccc1N(C)C(=O)C1=CC=NC1. The van der Waals surface area contributed by atoms with Crippen molar-refractivity contribution in [2.45, 2.75) is 13.1 Å². The molecule has 0 aliphatic carbocycles. The molecular weight excluding hydrogens is 391 g/mol. The number of amides is 1. The van der Waals surface area contributed by atoms with Crippen LogP contribution in [-0.2, 0) is 11.0 Å². The summed E-state index contributed by atoms with van der Waals surface area (Å²) in [4.78, 5) is 22.7. The number of likely N-dealkylation sites (N-methyl/N-ethyl adjacent to an activating group) is 1. The number of rotatable bonds is 3. The molecule has 4 nitrogen and oxygen atoms in total. The Bertz CT molecular complexity index is 1210. The van der Waals surface area contributed by atoms with E-state index in [4.69, 9.17) is 0 Å². The average molecular weight is 409 g/mol. The van der Waals surface area contributed by atoms with Gasteiger partial charge in [0, 0.05) is 35.5 Å². The molecule has 30 heavy (non-hydrogen) atoms. The van der Waals surface area contributed by atoms with Crippen LogP contribution < -0.4 is 4.90 Å². The van der Waals surface area contributed by atoms with E-state index in [1.54, 1.807) is 36.4 Å². The minimum absolute atomic E-state index is 0.104. The van der Waals surface area contributed by atoms with Gasteiger partial charge in [-0.15, -0.1) is 0 Å². The second-order valence-corrected chi connectivity index (χ2v) is 7.15. The molecule has 0 saturated heterocycles. The number of carbonyl (C=O) groups excluding carboxylic acids is 1. The number of fused-ring (bicyclic) bond motifs is 1. The fraction of sp³-hybridized carbons (Fsp3) is 0.174. The Labute approximate surface area is 171 Å². The number of halogens is 3. The lowest BCUT2D eigenvalue weighted by Crippen LogP contribution is -2.28. The van der Waals surface area contributed by atoms with Gasteiger partial charge in [-0.3, -0.25) is 9.79 Å². The number of hydrogen-bond donors (Lipinski definition) is 0. The average Bonchev–Trinajstić information content (AvgIpc) is 3.26. The van der Waals surface area contributed by atoms with Gasteiger partial charge in [0.05, 0.1) is 23.3 Å². The van der Waals surface area contributed by atoms with Gasteiger partial charge in [-0.1, -0.05) is 12.1 Å². The Morgan fingerprint density at radius 1 is 1.07 bits per heavy atom. The first-order valence-electron chi connectivity index (χ1n) is 9.30. The summed E-state index contributed by atoms with van der Waals surface area (Å²) in [5.74, 6) is -0.104. The van der Waals surface area contributed by atoms with Gasteiger partial charge in [0.25, 0.3) is 5.91 Å². The highest BCUT2D eigenvalue weighted by Crippen LogP contribution is 2.32. The van der Waals surface area contributed by atoms with Crippen LogP contribution in [0.15, 0.2) is 65.2 Å². The number of aryl methyl sites for hydroxylation is 1. The number of pyridine rings is 1. The summed E-state index contributed by atoms with van der Waals surface area (Å²) in [6.45, 7) is 2.29. The maximum Gasteiger partial charge on any atom is 0.416 e. The molecule has 0 unspecified atom stereocenters. The molecule has 1 aliphatic heterocycles. The zero-order valence-corrected chi connectivity index (χ0v) is 16.4. The first-order valence-corrected chi connectivity index (χ1v) is 9.30. The summed E-state index contributed by atoms with van der Waals surface area (Å²) >= 11 is 0. The van der Waals surface area contributed by atoms with Crippen LogP contribution in [0, 0.1) is 6.92 Å². The Hall–Kier alpha value is -3.48. The number of alkyl halides is 3. The maximum absolute atomic E-state index is 12.9. The van der Waals surface area contributed by atoms with E-state index in [0.717, 1.165) is 28.9 Å². The van der Waals surface area contributed by atoms with E-state index in [9.17, 15) is 18.0 Å². The van der Waals surface area contributed by atoms with Crippen LogP contribution in [0.3, 0.4) is 0 Å². The number of allylic oxidation sites excluding steroid dienone is 1. The van der Waals surface area contributed by atoms with Crippen molar-refractivity contribution in [3.8, 4) is 11.3 Å². The van der Waals surface area contributed by atoms with Crippen LogP contribution in [0.2, 0.25) is 0 Å². The first kappa shape index (κ1) is 19.8. The quantitative estimate of drug-likeness (QED) is 0.597. The number of anilines is 1. The summed E-state index contributed by atoms with van der Waals surface area (Å²) in [6.07, 6.45) is -1.05. The molecule has 0 saturated carbocycles. The molecule has 7 heteroatoms. The molecule has 0 atom stereocenters. The van der Waals surface area contributed by atoms with Gasteiger partial charge in [-0.05, 0) is 55.0 Å². The second kappa shape index (κ2) is 7.40. The molecule has 2 aromatic carbocycles. The summed E-state index contributed by atoms with van der Waals surface area (Å²) < 4.78 is 38.7. The molecule has 0 fully saturated rings. The fourth-order valence-corrected chi connectivity index (χ4v) is 3.46. The Kier molecular flexibility index (Phi) is 4.89. The number of nitrogens with zero attached hydrogens (tertiary/aromatic N) is 3. The van der Waals surface area contributed by atoms with Crippen molar-refractivity contribution in [2.24, 2.45) is 4.99 Å². The molecular formula is C23H18F3N3O. The lowest BCUT2D eigenvalue weighted by molar-refractivity contribution is -0.137. The van der Waals surface area contributed by atoms with Crippen molar-refractivity contribution in [3.63, 3.8) is 0 Å². The lowest BCUT2D eigenvalue weighted by Gasteiger charge is -2.20. The topological polar surface area (TPSA) is 45.6 Å². The van der Waals surface area contributed by atoms with Gasteiger partial charge >= 0.3 is 6.18 Å². The fourth-order valence-electron chi connectivity index (χ4n) is 3.46. The third kappa shape index (κ3) is 3.70. The number of benzene rings is 2. The molecule has 2 heterocycles. The summed E-state index contributed by atoms with van der Waals surface area (Å²) in [5.41, 5.74) is 3.56. The van der Waals surface area contributed by atoms with Crippen LogP contribution in [0.1, 0.15) is 11.1 Å². The van der Waals surface area contributed by atoms with E-state index in [1.165, 1.54) is 6.07 Å². The van der Waals surface area contributed by atoms with E-state index < -0.39 is 11.7 Å². The van der Waals surface area contributed by atoms with Crippen molar-refractivity contribution in [3.05, 3.63) is 71.3 Å². The number of hydrogen-bond acceptors (Lipinski definition) is 3. The van der Waals surface area contributed by atoms with E-state index in [1.807, 2.05) is 25.1 Å². The number of aliphatic imine (C=N–C) groups is 1. The van der Waals surface area contributed by atoms with E-state index in [0.29, 0.717) is 28.7 Å². The van der Waals surface area contributed by atoms with Crippen molar-refractivity contribution >= 4 is 28.7 Å². The van der Waals surface area contributed by atoms with Gasteiger partial charge in [0.1, 0.15) is 0 Å². The van der Waals surface area contributed by atoms with Gasteiger partial charge in [0.2, 0.25) is 0 Å². The lowest BCUT2D eigenvalue weighted by atomic mass is 10.0. The summed E-state index contributed by atoms with van der Waals surface area (Å²) in [5, 5.41) is 0.430. The predicted molar refractivity (Wildman–Crippen MR) is 112 cm³/mol. The molecule has 0 bridgehead atoms. The van der Waals surface area contributed by atoms with Crippen LogP contribution in [0.4, 0.5) is 18.9 Å². The van der Waals surface area contributed by atoms with E-state index >= 15 is 0 Å². The van der Waals surface area contributed by atoms with E-state index in [2.05, 4.69) is 9.98 Å². The normalized spacial score (nSPS) is 13.6. The maximum atomic E-state index is 12.9. The van der Waals surface area contributed by atoms with Crippen LogP contribution in [-0.4, -0.2) is 30.7 Å². The van der Waals surface area contributed by atoms with Crippen molar-refractivity contribution in [1.29, 1.82) is 0 Å². The van der Waals surface area contributed by atoms with Crippen LogP contribution in [0.25, 0.3) is 22.2 Å². The molecule has 4 rings (SSSR count). The van der Waals surface area contributed by atoms with Gasteiger partial charge in [-0.25, -0.2) is 4.98 Å². The second-order valence-electron chi connectivity index (χ2n) is 7.15. The van der Waals surface area contributed by atoms with Crippen molar-refractivity contribution in [1.82, 2.24) is 4.98 Å². The summed E-state index contributed by atoms with van der Waals surface area (Å²) in [7, 11) is 1.72. The van der Waals surface area contributed by atoms with Gasteiger partial charge in [-0.2, -0.15) is 13.2 Å². The van der Waals surface area contributed by atoms with Crippen LogP contribution in [0.5, 0.6) is 0 Å². The Morgan fingerprint density at radius 3 is 2.53 bits per heavy atom. The third-order valence-corrected chi connectivity index (χ3v) is 5.09. The molecule has 1 aliphatic rings. The smallest absolute Gasteiger partial charge is 0.311 e. The van der Waals surface area contributed by atoms with Gasteiger partial charge < -0.3 is 4.90 Å². The largest absolute Gasteiger partial charge is 0.416 e. The minimum Gasteiger partial charge on any atom is -0.311 e. The molecule has 0 spiro atoms. The standard InChI is InChI=1S/C23H18F3N3O/c1-14-11-15(4-8-21(14)29(2)22(30)17-9-10-27-13-17)19-6-3-16-12-18(23(24,25)26)5-7-20(16)28-19/h3-12H,13H2,1-2H3. The molecule has 1 aromatic heterocycles. The van der Waals surface area contributed by atoms with E-state index in [-0.39, 0.29) is 5.91 Å². The molecule has 3 aromatic rings. The molecule has 152 valence electrons. The Morgan fingerprint density at radius 2 is 1.87 bits per heavy atom. The van der Waals surface area contributed by atoms with Crippen molar-refractivity contribution < 1.29 is 18.0 Å². The van der Waals surface area contributed by atoms with Gasteiger partial charge in [0.15, 0.2) is 0 Å². The third-order valence-electron chi connectivity index (χ3n) is 5.09. The molecule has 0 N–H and O–H groups in total. The summed E-state index contributed by atoms with van der Waals surface area (Å²) in [6, 6.07) is 12.5. The monoisotopic (exact) mass is 409 g/mol. The minimum atomic E-state index is -4.38. The predicted octanol–water partition coefficient (Wildman–Crippen LogP) is 5.20. The number of aromatic nitrogens is 1. The first-order chi connectivity index (χ1) is 14.2.